The number of rotatable bonds is 3. The third kappa shape index (κ3) is 3.05. The van der Waals surface area contributed by atoms with Gasteiger partial charge < -0.3 is 5.11 Å². The zero-order valence-corrected chi connectivity index (χ0v) is 14.7. The highest BCUT2D eigenvalue weighted by Crippen LogP contribution is 2.34. The van der Waals surface area contributed by atoms with Gasteiger partial charge >= 0.3 is 5.97 Å². The van der Waals surface area contributed by atoms with Crippen LogP contribution in [-0.4, -0.2) is 15.2 Å². The Morgan fingerprint density at radius 3 is 2.32 bits per heavy atom. The first-order valence-electron chi connectivity index (χ1n) is 8.79. The molecule has 1 aliphatic rings. The Bertz CT molecular complexity index is 921. The van der Waals surface area contributed by atoms with Crippen LogP contribution >= 0.6 is 11.8 Å². The van der Waals surface area contributed by atoms with Crippen LogP contribution in [0.25, 0.3) is 22.0 Å². The van der Waals surface area contributed by atoms with Crippen molar-refractivity contribution in [3.63, 3.8) is 0 Å². The standard InChI is InChI=1S/C21H20ClNO2/c22-23-19-11-10-17(12-18(19)13-20(23)21(24)25)16-8-6-15(7-9-16)14-4-2-1-3-5-14/h6-14H,1-5H2,(H,24,25). The summed E-state index contributed by atoms with van der Waals surface area (Å²) < 4.78 is 1.20. The van der Waals surface area contributed by atoms with Crippen molar-refractivity contribution < 1.29 is 9.90 Å². The Balaban J connectivity index is 1.66. The Kier molecular flexibility index (Phi) is 4.26. The van der Waals surface area contributed by atoms with Crippen LogP contribution in [-0.2, 0) is 0 Å². The van der Waals surface area contributed by atoms with Gasteiger partial charge in [0.25, 0.3) is 0 Å². The first-order chi connectivity index (χ1) is 12.1. The van der Waals surface area contributed by atoms with E-state index in [4.69, 9.17) is 11.8 Å². The van der Waals surface area contributed by atoms with Gasteiger partial charge in [0, 0.05) is 17.2 Å². The molecular formula is C21H20ClNO2. The summed E-state index contributed by atoms with van der Waals surface area (Å²) in [4.78, 5) is 11.2. The molecule has 0 atom stereocenters. The minimum absolute atomic E-state index is 0.0847. The highest BCUT2D eigenvalue weighted by atomic mass is 35.5. The van der Waals surface area contributed by atoms with Crippen molar-refractivity contribution in [2.75, 3.05) is 0 Å². The van der Waals surface area contributed by atoms with Gasteiger partial charge in [-0.1, -0.05) is 49.6 Å². The van der Waals surface area contributed by atoms with Crippen molar-refractivity contribution in [3.8, 4) is 11.1 Å². The van der Waals surface area contributed by atoms with Crippen LogP contribution in [0.5, 0.6) is 0 Å². The van der Waals surface area contributed by atoms with Crippen LogP contribution in [0.2, 0.25) is 0 Å². The Labute approximate surface area is 152 Å². The average Bonchev–Trinajstić information content (AvgIpc) is 2.99. The Hall–Kier alpha value is -2.26. The topological polar surface area (TPSA) is 42.2 Å². The molecule has 3 nitrogen and oxygen atoms in total. The number of fused-ring (bicyclic) bond motifs is 1. The second-order valence-corrected chi connectivity index (χ2v) is 7.18. The maximum Gasteiger partial charge on any atom is 0.353 e. The number of aromatic nitrogens is 1. The van der Waals surface area contributed by atoms with Crippen LogP contribution in [0.3, 0.4) is 0 Å². The maximum absolute atomic E-state index is 11.2. The number of halogens is 1. The maximum atomic E-state index is 11.2. The van der Waals surface area contributed by atoms with Crippen LogP contribution < -0.4 is 0 Å². The van der Waals surface area contributed by atoms with Crippen molar-refractivity contribution in [2.45, 2.75) is 38.0 Å². The Morgan fingerprint density at radius 2 is 1.64 bits per heavy atom. The SMILES string of the molecule is O=C(O)c1cc2cc(-c3ccc(C4CCCCC4)cc3)ccc2n1Cl. The molecular weight excluding hydrogens is 334 g/mol. The predicted octanol–water partition coefficient (Wildman–Crippen LogP) is 6.06. The lowest BCUT2D eigenvalue weighted by molar-refractivity contribution is 0.0690. The van der Waals surface area contributed by atoms with Crippen molar-refractivity contribution in [3.05, 3.63) is 59.8 Å². The lowest BCUT2D eigenvalue weighted by atomic mass is 9.84. The van der Waals surface area contributed by atoms with E-state index in [0.717, 1.165) is 16.5 Å². The first kappa shape index (κ1) is 16.2. The van der Waals surface area contributed by atoms with Gasteiger partial charge in [0.05, 0.1) is 5.52 Å². The molecule has 0 spiro atoms. The minimum atomic E-state index is -1.02. The zero-order valence-electron chi connectivity index (χ0n) is 13.9. The van der Waals surface area contributed by atoms with E-state index in [1.165, 1.54) is 41.8 Å². The number of carbonyl (C=O) groups is 1. The van der Waals surface area contributed by atoms with Crippen molar-refractivity contribution in [1.29, 1.82) is 0 Å². The van der Waals surface area contributed by atoms with Crippen LogP contribution in [0.15, 0.2) is 48.5 Å². The molecule has 0 unspecified atom stereocenters. The fraction of sp³-hybridized carbons (Fsp3) is 0.286. The molecule has 1 heterocycles. The number of nitrogens with zero attached hydrogens (tertiary/aromatic N) is 1. The number of carboxylic acid groups (broad SMARTS) is 1. The largest absolute Gasteiger partial charge is 0.477 e. The van der Waals surface area contributed by atoms with Gasteiger partial charge in [-0.3, -0.25) is 0 Å². The van der Waals surface area contributed by atoms with Gasteiger partial charge in [-0.2, -0.15) is 0 Å². The van der Waals surface area contributed by atoms with Crippen molar-refractivity contribution >= 4 is 28.6 Å². The fourth-order valence-corrected chi connectivity index (χ4v) is 4.17. The van der Waals surface area contributed by atoms with E-state index in [0.29, 0.717) is 11.4 Å². The summed E-state index contributed by atoms with van der Waals surface area (Å²) in [6, 6.07) is 16.3. The van der Waals surface area contributed by atoms with Gasteiger partial charge in [-0.05, 0) is 53.6 Å². The molecule has 1 aromatic heterocycles. The van der Waals surface area contributed by atoms with E-state index >= 15 is 0 Å². The zero-order chi connectivity index (χ0) is 17.4. The molecule has 4 heteroatoms. The van der Waals surface area contributed by atoms with Crippen molar-refractivity contribution in [2.24, 2.45) is 0 Å². The predicted molar refractivity (Wildman–Crippen MR) is 101 cm³/mol. The normalized spacial score (nSPS) is 15.6. The summed E-state index contributed by atoms with van der Waals surface area (Å²) in [5.41, 5.74) is 4.44. The number of hydrogen-bond acceptors (Lipinski definition) is 1. The lowest BCUT2D eigenvalue weighted by Crippen LogP contribution is -2.04. The molecule has 25 heavy (non-hydrogen) atoms. The summed E-state index contributed by atoms with van der Waals surface area (Å²) in [5, 5.41) is 10.0. The van der Waals surface area contributed by atoms with Gasteiger partial charge in [-0.15, -0.1) is 0 Å². The monoisotopic (exact) mass is 353 g/mol. The molecule has 4 rings (SSSR count). The number of carboxylic acids is 1. The van der Waals surface area contributed by atoms with E-state index in [1.54, 1.807) is 6.07 Å². The van der Waals surface area contributed by atoms with Crippen LogP contribution in [0, 0.1) is 0 Å². The third-order valence-corrected chi connectivity index (χ3v) is 5.65. The van der Waals surface area contributed by atoms with Gasteiger partial charge in [0.2, 0.25) is 0 Å². The molecule has 0 bridgehead atoms. The molecule has 0 amide bonds. The first-order valence-corrected chi connectivity index (χ1v) is 9.12. The third-order valence-electron chi connectivity index (χ3n) is 5.28. The minimum Gasteiger partial charge on any atom is -0.477 e. The smallest absolute Gasteiger partial charge is 0.353 e. The molecule has 0 saturated heterocycles. The van der Waals surface area contributed by atoms with Crippen molar-refractivity contribution in [1.82, 2.24) is 4.09 Å². The Morgan fingerprint density at radius 1 is 0.960 bits per heavy atom. The molecule has 1 aliphatic carbocycles. The number of hydrogen-bond donors (Lipinski definition) is 1. The molecule has 2 aromatic carbocycles. The number of benzene rings is 2. The molecule has 1 saturated carbocycles. The lowest BCUT2D eigenvalue weighted by Gasteiger charge is -2.22. The molecule has 1 fully saturated rings. The van der Waals surface area contributed by atoms with Gasteiger partial charge in [-0.25, -0.2) is 8.88 Å². The highest BCUT2D eigenvalue weighted by molar-refractivity contribution is 6.22. The van der Waals surface area contributed by atoms with E-state index in [-0.39, 0.29) is 5.69 Å². The second-order valence-electron chi connectivity index (χ2n) is 6.85. The summed E-state index contributed by atoms with van der Waals surface area (Å²) in [6.07, 6.45) is 6.64. The van der Waals surface area contributed by atoms with E-state index in [9.17, 15) is 9.90 Å². The highest BCUT2D eigenvalue weighted by Gasteiger charge is 2.16. The summed E-state index contributed by atoms with van der Waals surface area (Å²) >= 11 is 6.09. The van der Waals surface area contributed by atoms with E-state index in [2.05, 4.69) is 24.3 Å². The summed E-state index contributed by atoms with van der Waals surface area (Å²) in [5.74, 6) is -0.321. The van der Waals surface area contributed by atoms with E-state index < -0.39 is 5.97 Å². The van der Waals surface area contributed by atoms with Gasteiger partial charge in [0.15, 0.2) is 0 Å². The fourth-order valence-electron chi connectivity index (χ4n) is 3.89. The number of aromatic carboxylic acids is 1. The molecule has 128 valence electrons. The van der Waals surface area contributed by atoms with E-state index in [1.807, 2.05) is 18.2 Å². The molecule has 3 aromatic rings. The van der Waals surface area contributed by atoms with Crippen LogP contribution in [0.1, 0.15) is 54.1 Å². The summed E-state index contributed by atoms with van der Waals surface area (Å²) in [7, 11) is 0. The average molecular weight is 354 g/mol. The quantitative estimate of drug-likeness (QED) is 0.622. The summed E-state index contributed by atoms with van der Waals surface area (Å²) in [6.45, 7) is 0. The van der Waals surface area contributed by atoms with Gasteiger partial charge in [0.1, 0.15) is 5.69 Å². The van der Waals surface area contributed by atoms with Crippen LogP contribution in [0.4, 0.5) is 0 Å². The second kappa shape index (κ2) is 6.57. The molecule has 0 aliphatic heterocycles. The molecule has 1 N–H and O–H groups in total. The molecule has 0 radical (unpaired) electrons.